The molecule has 1 nitrogen and oxygen atoms in total. The maximum absolute atomic E-state index is 8.31. The van der Waals surface area contributed by atoms with Crippen LogP contribution in [-0.4, -0.2) is 11.7 Å². The predicted octanol–water partition coefficient (Wildman–Crippen LogP) is 2.05. The lowest BCUT2D eigenvalue weighted by Gasteiger charge is -1.77. The van der Waals surface area contributed by atoms with Crippen LogP contribution in [0.5, 0.6) is 0 Å². The highest BCUT2D eigenvalue weighted by molar-refractivity contribution is 5.02. The van der Waals surface area contributed by atoms with Crippen LogP contribution in [0.25, 0.3) is 0 Å². The van der Waals surface area contributed by atoms with E-state index in [1.54, 1.807) is 12.2 Å². The van der Waals surface area contributed by atoms with Crippen LogP contribution in [0.4, 0.5) is 0 Å². The molecule has 0 aliphatic carbocycles. The lowest BCUT2D eigenvalue weighted by atomic mass is 10.3. The summed E-state index contributed by atoms with van der Waals surface area (Å²) in [6.07, 6.45) is 9.68. The Bertz CT molecular complexity index is 139. The van der Waals surface area contributed by atoms with Crippen LogP contribution in [0.2, 0.25) is 0 Å². The summed E-state index contributed by atoms with van der Waals surface area (Å²) in [5.74, 6) is 0. The summed E-state index contributed by atoms with van der Waals surface area (Å²) in [7, 11) is 0. The molecule has 0 aromatic rings. The highest BCUT2D eigenvalue weighted by Crippen LogP contribution is 1.87. The van der Waals surface area contributed by atoms with Gasteiger partial charge in [0.2, 0.25) is 0 Å². The highest BCUT2D eigenvalue weighted by Gasteiger charge is 1.67. The van der Waals surface area contributed by atoms with Gasteiger partial charge in [0, 0.05) is 0 Å². The zero-order valence-electron chi connectivity index (χ0n) is 6.38. The molecule has 0 spiro atoms. The van der Waals surface area contributed by atoms with E-state index in [0.29, 0.717) is 0 Å². The fourth-order valence-electron chi connectivity index (χ4n) is 0.507. The fraction of sp³-hybridized carbons (Fsp3) is 0.444. The second kappa shape index (κ2) is 8.22. The van der Waals surface area contributed by atoms with Crippen molar-refractivity contribution in [1.82, 2.24) is 0 Å². The van der Waals surface area contributed by atoms with Crippen LogP contribution in [0.3, 0.4) is 0 Å². The van der Waals surface area contributed by atoms with Crippen molar-refractivity contribution in [2.45, 2.75) is 19.8 Å². The Hall–Kier alpha value is -0.780. The monoisotopic (exact) mass is 138 g/mol. The average molecular weight is 138 g/mol. The molecule has 1 heteroatoms. The molecule has 0 saturated carbocycles. The van der Waals surface area contributed by atoms with Crippen LogP contribution in [0.1, 0.15) is 19.8 Å². The Labute approximate surface area is 62.4 Å². The molecule has 0 aromatic heterocycles. The van der Waals surface area contributed by atoms with E-state index in [0.717, 1.165) is 6.42 Å². The van der Waals surface area contributed by atoms with Crippen molar-refractivity contribution in [3.8, 4) is 0 Å². The SMILES string of the molecule is CCC/C=C/C=C=CCO. The van der Waals surface area contributed by atoms with Crippen molar-refractivity contribution in [2.24, 2.45) is 0 Å². The van der Waals surface area contributed by atoms with Crippen molar-refractivity contribution >= 4 is 0 Å². The van der Waals surface area contributed by atoms with E-state index in [1.807, 2.05) is 6.08 Å². The first-order valence-corrected chi connectivity index (χ1v) is 3.58. The number of allylic oxidation sites excluding steroid dienone is 2. The fourth-order valence-corrected chi connectivity index (χ4v) is 0.507. The van der Waals surface area contributed by atoms with Gasteiger partial charge in [-0.15, -0.1) is 5.73 Å². The number of hydrogen-bond donors (Lipinski definition) is 1. The van der Waals surface area contributed by atoms with Crippen molar-refractivity contribution in [2.75, 3.05) is 6.61 Å². The van der Waals surface area contributed by atoms with Crippen LogP contribution in [-0.2, 0) is 0 Å². The Balaban J connectivity index is 3.41. The zero-order chi connectivity index (χ0) is 7.66. The lowest BCUT2D eigenvalue weighted by molar-refractivity contribution is 0.343. The summed E-state index contributed by atoms with van der Waals surface area (Å²) in [6, 6.07) is 0. The molecule has 10 heavy (non-hydrogen) atoms. The maximum Gasteiger partial charge on any atom is 0.0686 e. The summed E-state index contributed by atoms with van der Waals surface area (Å²) < 4.78 is 0. The first-order valence-electron chi connectivity index (χ1n) is 3.58. The number of unbranched alkanes of at least 4 members (excludes halogenated alkanes) is 1. The molecule has 0 fully saturated rings. The number of hydrogen-bond acceptors (Lipinski definition) is 1. The summed E-state index contributed by atoms with van der Waals surface area (Å²) in [4.78, 5) is 0. The molecule has 0 saturated heterocycles. The van der Waals surface area contributed by atoms with Crippen molar-refractivity contribution in [1.29, 1.82) is 0 Å². The van der Waals surface area contributed by atoms with E-state index in [9.17, 15) is 0 Å². The minimum absolute atomic E-state index is 0.0676. The van der Waals surface area contributed by atoms with Crippen molar-refractivity contribution in [3.63, 3.8) is 0 Å². The first kappa shape index (κ1) is 9.22. The maximum atomic E-state index is 8.31. The third kappa shape index (κ3) is 7.22. The average Bonchev–Trinajstić information content (AvgIpc) is 1.97. The third-order valence-electron chi connectivity index (χ3n) is 0.993. The van der Waals surface area contributed by atoms with E-state index >= 15 is 0 Å². The largest absolute Gasteiger partial charge is 0.392 e. The van der Waals surface area contributed by atoms with Crippen LogP contribution >= 0.6 is 0 Å². The van der Waals surface area contributed by atoms with Crippen molar-refractivity contribution < 1.29 is 5.11 Å². The topological polar surface area (TPSA) is 20.2 Å². The van der Waals surface area contributed by atoms with E-state index in [1.165, 1.54) is 6.42 Å². The Morgan fingerprint density at radius 3 is 2.90 bits per heavy atom. The van der Waals surface area contributed by atoms with E-state index in [-0.39, 0.29) is 6.61 Å². The molecule has 0 radical (unpaired) electrons. The van der Waals surface area contributed by atoms with Gasteiger partial charge in [0.25, 0.3) is 0 Å². The quantitative estimate of drug-likeness (QED) is 0.465. The van der Waals surface area contributed by atoms with Gasteiger partial charge in [-0.05, 0) is 18.6 Å². The zero-order valence-corrected chi connectivity index (χ0v) is 6.38. The van der Waals surface area contributed by atoms with E-state index in [2.05, 4.69) is 18.7 Å². The molecule has 0 amide bonds. The summed E-state index contributed by atoms with van der Waals surface area (Å²) >= 11 is 0. The summed E-state index contributed by atoms with van der Waals surface area (Å²) in [5.41, 5.74) is 2.81. The van der Waals surface area contributed by atoms with Gasteiger partial charge in [-0.3, -0.25) is 0 Å². The molecule has 0 heterocycles. The molecular weight excluding hydrogens is 124 g/mol. The third-order valence-corrected chi connectivity index (χ3v) is 0.993. The molecule has 0 aliphatic heterocycles. The Morgan fingerprint density at radius 2 is 2.30 bits per heavy atom. The minimum atomic E-state index is 0.0676. The summed E-state index contributed by atoms with van der Waals surface area (Å²) in [5, 5.41) is 8.31. The molecule has 0 aromatic carbocycles. The molecule has 0 atom stereocenters. The van der Waals surface area contributed by atoms with Crippen LogP contribution in [0.15, 0.2) is 30.0 Å². The summed E-state index contributed by atoms with van der Waals surface area (Å²) in [6.45, 7) is 2.20. The normalized spacial score (nSPS) is 9.40. The Kier molecular flexibility index (Phi) is 7.58. The second-order valence-corrected chi connectivity index (χ2v) is 1.94. The molecule has 0 bridgehead atoms. The van der Waals surface area contributed by atoms with E-state index in [4.69, 9.17) is 5.11 Å². The first-order chi connectivity index (χ1) is 4.91. The highest BCUT2D eigenvalue weighted by atomic mass is 16.2. The smallest absolute Gasteiger partial charge is 0.0686 e. The molecular formula is C9H14O. The van der Waals surface area contributed by atoms with Gasteiger partial charge in [-0.25, -0.2) is 0 Å². The molecule has 1 N–H and O–H groups in total. The lowest BCUT2D eigenvalue weighted by Crippen LogP contribution is -1.65. The van der Waals surface area contributed by atoms with Gasteiger partial charge in [-0.2, -0.15) is 0 Å². The van der Waals surface area contributed by atoms with Gasteiger partial charge in [0.15, 0.2) is 0 Å². The standard InChI is InChI=1S/C9H14O/c1-2-3-4-5-6-7-8-9-10/h4-6,8,10H,2-3,9H2,1H3/b5-4+. The molecule has 0 unspecified atom stereocenters. The van der Waals surface area contributed by atoms with Gasteiger partial charge < -0.3 is 5.11 Å². The second-order valence-electron chi connectivity index (χ2n) is 1.94. The number of aliphatic hydroxyl groups excluding tert-OH is 1. The Morgan fingerprint density at radius 1 is 1.50 bits per heavy atom. The molecule has 56 valence electrons. The minimum Gasteiger partial charge on any atom is -0.392 e. The molecule has 0 aliphatic rings. The van der Waals surface area contributed by atoms with Gasteiger partial charge in [0.1, 0.15) is 0 Å². The van der Waals surface area contributed by atoms with Gasteiger partial charge in [0.05, 0.1) is 6.61 Å². The number of rotatable bonds is 4. The van der Waals surface area contributed by atoms with E-state index < -0.39 is 0 Å². The van der Waals surface area contributed by atoms with Crippen molar-refractivity contribution in [3.05, 3.63) is 30.0 Å². The van der Waals surface area contributed by atoms with Gasteiger partial charge >= 0.3 is 0 Å². The predicted molar refractivity (Wildman–Crippen MR) is 43.8 cm³/mol. The van der Waals surface area contributed by atoms with Crippen LogP contribution in [0, 0.1) is 0 Å². The van der Waals surface area contributed by atoms with Gasteiger partial charge in [-0.1, -0.05) is 25.5 Å². The van der Waals surface area contributed by atoms with Crippen LogP contribution < -0.4 is 0 Å². The molecule has 0 rings (SSSR count). The number of aliphatic hydroxyl groups is 1.